The Hall–Kier alpha value is -3.71. The van der Waals surface area contributed by atoms with Crippen LogP contribution < -0.4 is 14.5 Å². The maximum Gasteiger partial charge on any atom is 0.318 e. The van der Waals surface area contributed by atoms with Crippen molar-refractivity contribution in [2.75, 3.05) is 56.7 Å². The predicted molar refractivity (Wildman–Crippen MR) is 161 cm³/mol. The fourth-order valence-corrected chi connectivity index (χ4v) is 6.42. The third-order valence-electron chi connectivity index (χ3n) is 9.01. The van der Waals surface area contributed by atoms with Crippen LogP contribution in [0.5, 0.6) is 6.01 Å². The fourth-order valence-electron chi connectivity index (χ4n) is 6.42. The largest absolute Gasteiger partial charge is 0.463 e. The van der Waals surface area contributed by atoms with Gasteiger partial charge in [-0.3, -0.25) is 4.79 Å². The van der Waals surface area contributed by atoms with Gasteiger partial charge in [0.1, 0.15) is 5.82 Å². The molecule has 1 aliphatic carbocycles. The molecule has 224 valence electrons. The monoisotopic (exact) mass is 575 g/mol. The zero-order valence-electron chi connectivity index (χ0n) is 25.5. The predicted octanol–water partition coefficient (Wildman–Crippen LogP) is 4.18. The van der Waals surface area contributed by atoms with E-state index in [0.29, 0.717) is 32.3 Å². The summed E-state index contributed by atoms with van der Waals surface area (Å²) in [5.41, 5.74) is 5.83. The van der Waals surface area contributed by atoms with Crippen molar-refractivity contribution in [1.82, 2.24) is 19.8 Å². The van der Waals surface area contributed by atoms with Crippen molar-refractivity contribution >= 4 is 17.4 Å². The van der Waals surface area contributed by atoms with Crippen LogP contribution in [-0.4, -0.2) is 84.6 Å². The third-order valence-corrected chi connectivity index (χ3v) is 9.01. The van der Waals surface area contributed by atoms with Crippen LogP contribution in [0, 0.1) is 30.6 Å². The fraction of sp³-hybridized carbons (Fsp3) is 0.562. The molecule has 0 radical (unpaired) electrons. The first-order chi connectivity index (χ1) is 20.0. The summed E-state index contributed by atoms with van der Waals surface area (Å²) in [5, 5.41) is 9.50. The van der Waals surface area contributed by atoms with Gasteiger partial charge < -0.3 is 24.3 Å². The number of hydrogen-bond acceptors (Lipinski definition) is 8. The second kappa shape index (κ2) is 11.9. The molecular weight excluding hydrogens is 533 g/mol. The van der Waals surface area contributed by atoms with Gasteiger partial charge in [0, 0.05) is 48.9 Å². The number of benzene rings is 1. The highest BCUT2D eigenvalue weighted by Crippen LogP contribution is 2.46. The lowest BCUT2D eigenvalue weighted by Crippen LogP contribution is -2.56. The van der Waals surface area contributed by atoms with Crippen LogP contribution in [-0.2, 0) is 17.8 Å². The van der Waals surface area contributed by atoms with Crippen LogP contribution in [0.15, 0.2) is 30.6 Å². The smallest absolute Gasteiger partial charge is 0.318 e. The Morgan fingerprint density at radius 3 is 2.69 bits per heavy atom. The molecule has 2 aromatic rings. The Morgan fingerprint density at radius 1 is 1.26 bits per heavy atom. The third kappa shape index (κ3) is 6.07. The molecule has 2 aliphatic heterocycles. The van der Waals surface area contributed by atoms with Gasteiger partial charge in [0.25, 0.3) is 5.91 Å². The van der Waals surface area contributed by atoms with Crippen molar-refractivity contribution in [2.24, 2.45) is 5.41 Å². The number of aryl methyl sites for hydroxylation is 1. The van der Waals surface area contributed by atoms with Crippen molar-refractivity contribution in [1.29, 1.82) is 5.26 Å². The quantitative estimate of drug-likeness (QED) is 0.412. The number of fused-ring (bicyclic) bond motifs is 1. The Bertz CT molecular complexity index is 1400. The minimum atomic E-state index is -1.01. The van der Waals surface area contributed by atoms with Crippen molar-refractivity contribution in [3.05, 3.63) is 53.0 Å². The van der Waals surface area contributed by atoms with Gasteiger partial charge in [-0.15, -0.1) is 0 Å². The van der Waals surface area contributed by atoms with E-state index in [2.05, 4.69) is 80.4 Å². The molecule has 0 N–H and O–H groups in total. The molecule has 0 bridgehead atoms. The van der Waals surface area contributed by atoms with E-state index in [1.807, 2.05) is 0 Å². The molecule has 1 saturated heterocycles. The molecule has 2 atom stereocenters. The molecule has 1 aromatic carbocycles. The summed E-state index contributed by atoms with van der Waals surface area (Å²) in [7, 11) is 4.16. The normalized spacial score (nSPS) is 21.1. The maximum atomic E-state index is 13.8. The number of piperazine rings is 1. The maximum absolute atomic E-state index is 13.8. The number of rotatable bonds is 9. The number of aromatic nitrogens is 2. The molecule has 2 fully saturated rings. The number of hydrogen-bond donors (Lipinski definition) is 0. The summed E-state index contributed by atoms with van der Waals surface area (Å²) in [5.74, 6) is -0.973. The molecule has 3 aliphatic rings. The summed E-state index contributed by atoms with van der Waals surface area (Å²) >= 11 is 0. The number of carbonyl (C=O) groups is 1. The van der Waals surface area contributed by atoms with Gasteiger partial charge in [0.05, 0.1) is 37.4 Å². The molecule has 1 saturated carbocycles. The SMILES string of the molecule is C=C(F)C(=O)N1CCN(c2nc(OCC3(CN(C)C)CC3)nc3c2C[C@H](C)N(c2cccc(C)c2C)C3)CC1CC#N. The molecule has 9 nitrogen and oxygen atoms in total. The van der Waals surface area contributed by atoms with Crippen LogP contribution in [0.1, 0.15) is 48.6 Å². The topological polar surface area (TPSA) is 88.8 Å². The van der Waals surface area contributed by atoms with E-state index < -0.39 is 17.8 Å². The summed E-state index contributed by atoms with van der Waals surface area (Å²) < 4.78 is 20.1. The lowest BCUT2D eigenvalue weighted by Gasteiger charge is -2.43. The first-order valence-electron chi connectivity index (χ1n) is 14.8. The summed E-state index contributed by atoms with van der Waals surface area (Å²) in [6, 6.07) is 8.66. The Labute approximate surface area is 248 Å². The highest BCUT2D eigenvalue weighted by molar-refractivity contribution is 5.91. The molecule has 1 aromatic heterocycles. The Morgan fingerprint density at radius 2 is 2.02 bits per heavy atom. The molecule has 10 heteroatoms. The number of amides is 1. The second-order valence-electron chi connectivity index (χ2n) is 12.5. The zero-order chi connectivity index (χ0) is 30.2. The molecule has 1 amide bonds. The van der Waals surface area contributed by atoms with Crippen LogP contribution >= 0.6 is 0 Å². The molecule has 0 spiro atoms. The van der Waals surface area contributed by atoms with E-state index in [9.17, 15) is 14.4 Å². The number of halogens is 1. The summed E-state index contributed by atoms with van der Waals surface area (Å²) in [6.45, 7) is 12.9. The number of ether oxygens (including phenoxy) is 1. The Kier molecular flexibility index (Phi) is 8.42. The number of nitriles is 1. The minimum absolute atomic E-state index is 0.0933. The van der Waals surface area contributed by atoms with E-state index in [-0.39, 0.29) is 24.4 Å². The van der Waals surface area contributed by atoms with E-state index in [0.717, 1.165) is 42.9 Å². The van der Waals surface area contributed by atoms with E-state index in [1.54, 1.807) is 0 Å². The first kappa shape index (κ1) is 29.8. The van der Waals surface area contributed by atoms with Gasteiger partial charge in [-0.05, 0) is 71.3 Å². The highest BCUT2D eigenvalue weighted by atomic mass is 19.1. The van der Waals surface area contributed by atoms with Crippen molar-refractivity contribution < 1.29 is 13.9 Å². The Balaban J connectivity index is 1.49. The minimum Gasteiger partial charge on any atom is -0.463 e. The first-order valence-corrected chi connectivity index (χ1v) is 14.8. The number of nitrogens with zero attached hydrogens (tertiary/aromatic N) is 7. The average Bonchev–Trinajstić information content (AvgIpc) is 3.71. The summed E-state index contributed by atoms with van der Waals surface area (Å²) in [4.78, 5) is 30.6. The standard InChI is InChI=1S/C32H42FN7O2/c1-21-8-7-9-28(23(21)3)40-18-27-26(16-22(40)2)29(36-31(35-27)42-20-32(11-12-32)19-37(5)6)38-14-15-39(30(41)24(4)33)25(17-38)10-13-34/h7-9,22,25H,4,10-12,14-20H2,1-3,5-6H3/t22-,25?/m0/s1. The molecule has 42 heavy (non-hydrogen) atoms. The lowest BCUT2D eigenvalue weighted by molar-refractivity contribution is -0.131. The lowest BCUT2D eigenvalue weighted by atomic mass is 9.95. The summed E-state index contributed by atoms with van der Waals surface area (Å²) in [6.07, 6.45) is 3.07. The zero-order valence-corrected chi connectivity index (χ0v) is 25.5. The van der Waals surface area contributed by atoms with E-state index >= 15 is 0 Å². The molecule has 1 unspecified atom stereocenters. The van der Waals surface area contributed by atoms with Crippen LogP contribution in [0.3, 0.4) is 0 Å². The molecule has 3 heterocycles. The molecule has 5 rings (SSSR count). The average molecular weight is 576 g/mol. The van der Waals surface area contributed by atoms with Gasteiger partial charge in [-0.2, -0.15) is 15.2 Å². The van der Waals surface area contributed by atoms with Crippen molar-refractivity contribution in [3.8, 4) is 12.1 Å². The van der Waals surface area contributed by atoms with Gasteiger partial charge >= 0.3 is 6.01 Å². The van der Waals surface area contributed by atoms with E-state index in [4.69, 9.17) is 14.7 Å². The van der Waals surface area contributed by atoms with Crippen LogP contribution in [0.4, 0.5) is 15.9 Å². The van der Waals surface area contributed by atoms with Crippen LogP contribution in [0.2, 0.25) is 0 Å². The van der Waals surface area contributed by atoms with Crippen molar-refractivity contribution in [2.45, 2.75) is 65.1 Å². The van der Waals surface area contributed by atoms with Crippen LogP contribution in [0.25, 0.3) is 0 Å². The van der Waals surface area contributed by atoms with Crippen molar-refractivity contribution in [3.63, 3.8) is 0 Å². The second-order valence-corrected chi connectivity index (χ2v) is 12.5. The highest BCUT2D eigenvalue weighted by Gasteiger charge is 2.44. The number of anilines is 2. The van der Waals surface area contributed by atoms with Gasteiger partial charge in [0.15, 0.2) is 5.83 Å². The van der Waals surface area contributed by atoms with E-state index in [1.165, 1.54) is 21.7 Å². The van der Waals surface area contributed by atoms with Gasteiger partial charge in [-0.1, -0.05) is 18.7 Å². The molecular formula is C32H42FN7O2. The number of carbonyl (C=O) groups excluding carboxylic acids is 1. The van der Waals surface area contributed by atoms with Gasteiger partial charge in [-0.25, -0.2) is 4.39 Å². The van der Waals surface area contributed by atoms with Gasteiger partial charge in [0.2, 0.25) is 0 Å².